The molecule has 6 rings (SSSR count). The average molecular weight is 508 g/mol. The van der Waals surface area contributed by atoms with Crippen molar-refractivity contribution in [3.8, 4) is 22.5 Å². The van der Waals surface area contributed by atoms with Gasteiger partial charge in [-0.2, -0.15) is 0 Å². The van der Waals surface area contributed by atoms with E-state index in [9.17, 15) is 8.42 Å². The molecule has 0 saturated carbocycles. The normalized spacial score (nSPS) is 11.7. The average Bonchev–Trinajstić information content (AvgIpc) is 2.92. The van der Waals surface area contributed by atoms with Crippen molar-refractivity contribution in [1.82, 2.24) is 15.0 Å². The standard InChI is InChI=1S/C29H18ClN3O2S/c30-23-16-24-25(17-27(23)36(34,35)26-13-7-12-21-18-31-15-14-22(21)26)33-29(20-10-5-2-6-11-20)28(32-24)19-8-3-1-4-9-19/h1-18H. The number of benzene rings is 4. The van der Waals surface area contributed by atoms with Gasteiger partial charge in [0.25, 0.3) is 0 Å². The van der Waals surface area contributed by atoms with Crippen LogP contribution in [0, 0.1) is 0 Å². The van der Waals surface area contributed by atoms with Crippen molar-refractivity contribution in [2.75, 3.05) is 0 Å². The predicted octanol–water partition coefficient (Wildman–Crippen LogP) is 7.00. The second-order valence-corrected chi connectivity index (χ2v) is 10.6. The van der Waals surface area contributed by atoms with E-state index in [-0.39, 0.29) is 14.8 Å². The van der Waals surface area contributed by atoms with Crippen LogP contribution < -0.4 is 0 Å². The van der Waals surface area contributed by atoms with Crippen LogP contribution in [0.1, 0.15) is 0 Å². The largest absolute Gasteiger partial charge is 0.264 e. The monoisotopic (exact) mass is 507 g/mol. The highest BCUT2D eigenvalue weighted by molar-refractivity contribution is 7.91. The van der Waals surface area contributed by atoms with Crippen molar-refractivity contribution in [1.29, 1.82) is 0 Å². The summed E-state index contributed by atoms with van der Waals surface area (Å²) < 4.78 is 27.6. The molecule has 2 aromatic heterocycles. The van der Waals surface area contributed by atoms with Gasteiger partial charge in [0, 0.05) is 34.3 Å². The molecular formula is C29H18ClN3O2S. The van der Waals surface area contributed by atoms with Gasteiger partial charge in [-0.3, -0.25) is 4.98 Å². The molecule has 0 spiro atoms. The Labute approximate surface area is 213 Å². The molecule has 5 nitrogen and oxygen atoms in total. The van der Waals surface area contributed by atoms with Gasteiger partial charge in [0.2, 0.25) is 9.84 Å². The van der Waals surface area contributed by atoms with Gasteiger partial charge >= 0.3 is 0 Å². The minimum atomic E-state index is -3.95. The third-order valence-corrected chi connectivity index (χ3v) is 8.31. The van der Waals surface area contributed by atoms with E-state index in [1.807, 2.05) is 66.7 Å². The first-order chi connectivity index (χ1) is 17.5. The molecule has 0 aliphatic heterocycles. The molecule has 36 heavy (non-hydrogen) atoms. The number of nitrogens with zero attached hydrogens (tertiary/aromatic N) is 3. The number of aromatic nitrogens is 3. The number of hydrogen-bond acceptors (Lipinski definition) is 5. The Morgan fingerprint density at radius 2 is 1.25 bits per heavy atom. The van der Waals surface area contributed by atoms with E-state index in [1.54, 1.807) is 36.7 Å². The Morgan fingerprint density at radius 1 is 0.639 bits per heavy atom. The summed E-state index contributed by atoms with van der Waals surface area (Å²) in [6.45, 7) is 0. The quantitative estimate of drug-likeness (QED) is 0.257. The van der Waals surface area contributed by atoms with Crippen LogP contribution in [0.5, 0.6) is 0 Å². The van der Waals surface area contributed by atoms with Crippen LogP contribution in [-0.4, -0.2) is 23.4 Å². The molecule has 0 atom stereocenters. The molecule has 0 unspecified atom stereocenters. The maximum Gasteiger partial charge on any atom is 0.208 e. The lowest BCUT2D eigenvalue weighted by atomic mass is 10.0. The zero-order valence-electron chi connectivity index (χ0n) is 18.8. The molecule has 4 aromatic carbocycles. The second kappa shape index (κ2) is 8.82. The molecule has 0 aliphatic carbocycles. The van der Waals surface area contributed by atoms with Crippen LogP contribution in [0.4, 0.5) is 0 Å². The smallest absolute Gasteiger partial charge is 0.208 e. The van der Waals surface area contributed by atoms with Crippen LogP contribution in [-0.2, 0) is 9.84 Å². The van der Waals surface area contributed by atoms with Gasteiger partial charge < -0.3 is 0 Å². The number of halogens is 1. The Balaban J connectivity index is 1.60. The van der Waals surface area contributed by atoms with Crippen molar-refractivity contribution in [3.63, 3.8) is 0 Å². The molecule has 0 radical (unpaired) electrons. The van der Waals surface area contributed by atoms with Gasteiger partial charge in [-0.1, -0.05) is 84.4 Å². The second-order valence-electron chi connectivity index (χ2n) is 8.28. The molecular weight excluding hydrogens is 490 g/mol. The minimum Gasteiger partial charge on any atom is -0.264 e. The third-order valence-electron chi connectivity index (χ3n) is 6.03. The fourth-order valence-electron chi connectivity index (χ4n) is 4.30. The Kier molecular flexibility index (Phi) is 5.48. The van der Waals surface area contributed by atoms with Crippen molar-refractivity contribution in [3.05, 3.63) is 114 Å². The van der Waals surface area contributed by atoms with Crippen molar-refractivity contribution in [2.24, 2.45) is 0 Å². The molecule has 0 amide bonds. The Morgan fingerprint density at radius 3 is 1.89 bits per heavy atom. The molecule has 0 N–H and O–H groups in total. The minimum absolute atomic E-state index is 0.0123. The van der Waals surface area contributed by atoms with Crippen LogP contribution in [0.3, 0.4) is 0 Å². The zero-order chi connectivity index (χ0) is 24.7. The van der Waals surface area contributed by atoms with Gasteiger partial charge in [0.05, 0.1) is 37.2 Å². The highest BCUT2D eigenvalue weighted by Gasteiger charge is 2.25. The molecule has 6 aromatic rings. The van der Waals surface area contributed by atoms with E-state index in [0.29, 0.717) is 27.8 Å². The van der Waals surface area contributed by atoms with Gasteiger partial charge in [-0.25, -0.2) is 18.4 Å². The fraction of sp³-hybridized carbons (Fsp3) is 0. The summed E-state index contributed by atoms with van der Waals surface area (Å²) in [5.74, 6) is 0. The van der Waals surface area contributed by atoms with Crippen molar-refractivity contribution < 1.29 is 8.42 Å². The molecule has 0 aliphatic rings. The molecule has 0 fully saturated rings. The number of rotatable bonds is 4. The SMILES string of the molecule is O=S(=O)(c1cc2nc(-c3ccccc3)c(-c3ccccc3)nc2cc1Cl)c1cccc2cnccc12. The number of hydrogen-bond donors (Lipinski definition) is 0. The molecule has 7 heteroatoms. The lowest BCUT2D eigenvalue weighted by molar-refractivity contribution is 0.597. The number of fused-ring (bicyclic) bond motifs is 2. The van der Waals surface area contributed by atoms with E-state index < -0.39 is 9.84 Å². The Bertz CT molecular complexity index is 1850. The van der Waals surface area contributed by atoms with E-state index in [0.717, 1.165) is 16.5 Å². The van der Waals surface area contributed by atoms with Gasteiger partial charge in [0.1, 0.15) is 0 Å². The van der Waals surface area contributed by atoms with Crippen molar-refractivity contribution in [2.45, 2.75) is 9.79 Å². The maximum absolute atomic E-state index is 13.8. The summed E-state index contributed by atoms with van der Waals surface area (Å²) in [6.07, 6.45) is 3.21. The first-order valence-corrected chi connectivity index (χ1v) is 13.1. The van der Waals surface area contributed by atoms with E-state index in [1.165, 1.54) is 6.07 Å². The topological polar surface area (TPSA) is 72.8 Å². The summed E-state index contributed by atoms with van der Waals surface area (Å²) in [5.41, 5.74) is 4.10. The number of pyridine rings is 1. The first-order valence-electron chi connectivity index (χ1n) is 11.2. The Hall–Kier alpha value is -4.13. The molecule has 0 bridgehead atoms. The third kappa shape index (κ3) is 3.81. The summed E-state index contributed by atoms with van der Waals surface area (Å²) in [4.78, 5) is 14.0. The molecule has 174 valence electrons. The van der Waals surface area contributed by atoms with Gasteiger partial charge in [-0.15, -0.1) is 0 Å². The summed E-state index contributed by atoms with van der Waals surface area (Å²) >= 11 is 6.58. The summed E-state index contributed by atoms with van der Waals surface area (Å²) in [7, 11) is -3.95. The molecule has 2 heterocycles. The summed E-state index contributed by atoms with van der Waals surface area (Å²) in [6, 6.07) is 29.4. The van der Waals surface area contributed by atoms with E-state index in [4.69, 9.17) is 21.6 Å². The van der Waals surface area contributed by atoms with E-state index in [2.05, 4.69) is 4.98 Å². The maximum atomic E-state index is 13.8. The highest BCUT2D eigenvalue weighted by atomic mass is 35.5. The lowest BCUT2D eigenvalue weighted by Gasteiger charge is -2.13. The predicted molar refractivity (Wildman–Crippen MR) is 143 cm³/mol. The van der Waals surface area contributed by atoms with Crippen LogP contribution in [0.15, 0.2) is 119 Å². The molecule has 0 saturated heterocycles. The van der Waals surface area contributed by atoms with Gasteiger partial charge in [-0.05, 0) is 24.3 Å². The fourth-order valence-corrected chi connectivity index (χ4v) is 6.32. The zero-order valence-corrected chi connectivity index (χ0v) is 20.4. The van der Waals surface area contributed by atoms with Crippen LogP contribution in [0.25, 0.3) is 44.3 Å². The van der Waals surface area contributed by atoms with Crippen molar-refractivity contribution >= 4 is 43.2 Å². The van der Waals surface area contributed by atoms with Gasteiger partial charge in [0.15, 0.2) is 0 Å². The summed E-state index contributed by atoms with van der Waals surface area (Å²) in [5, 5.41) is 1.41. The highest BCUT2D eigenvalue weighted by Crippen LogP contribution is 2.36. The van der Waals surface area contributed by atoms with Crippen LogP contribution in [0.2, 0.25) is 5.02 Å². The lowest BCUT2D eigenvalue weighted by Crippen LogP contribution is -2.05. The first kappa shape index (κ1) is 22.3. The van der Waals surface area contributed by atoms with Crippen LogP contribution >= 0.6 is 11.6 Å². The number of sulfone groups is 1. The van der Waals surface area contributed by atoms with E-state index >= 15 is 0 Å².